The number of aromatic nitrogens is 4. The summed E-state index contributed by atoms with van der Waals surface area (Å²) in [5.74, 6) is 1.57. The lowest BCUT2D eigenvalue weighted by atomic mass is 9.33. The second-order valence-corrected chi connectivity index (χ2v) is 38.6. The first-order chi connectivity index (χ1) is 58.4. The van der Waals surface area contributed by atoms with Gasteiger partial charge in [-0.05, 0) is 194 Å². The minimum absolute atomic E-state index is 0.115. The molecule has 4 heterocycles. The van der Waals surface area contributed by atoms with E-state index in [-0.39, 0.29) is 44.7 Å². The summed E-state index contributed by atoms with van der Waals surface area (Å²) in [5, 5.41) is 2.27. The molecule has 2 aliphatic heterocycles. The molecule has 0 radical (unpaired) electrons. The van der Waals surface area contributed by atoms with Gasteiger partial charge in [-0.2, -0.15) is 0 Å². The van der Waals surface area contributed by atoms with Crippen molar-refractivity contribution in [1.29, 1.82) is 0 Å². The summed E-state index contributed by atoms with van der Waals surface area (Å²) in [7, 11) is 0. The normalized spacial score (nSPS) is 13.7. The van der Waals surface area contributed by atoms with Gasteiger partial charge in [0.2, 0.25) is 0 Å². The molecule has 0 N–H and O–H groups in total. The highest BCUT2D eigenvalue weighted by atomic mass is 15.2. The molecule has 0 aliphatic carbocycles. The standard InChI is InChI=1S/C111H105BN6/c1-106(2,3)79-51-55-94-89(62-79)90-63-80(107(4,5)6)52-56-95(90)116(94)85-68-98-100-99(69-85)118(102-88(73-43-31-22-32-44-73)66-84(111(16,17)18)67-91(102)105-114-103(74-45-33-23-34-46-74)113-104(115-105)75-47-35-24-36-48-75)97-60-77(78-57-81(108(7,8)9)61-82(58-78)109(10,11)12)50-54-93(97)112(100)92-53-49-76(70-37-25-19-26-38-70)59-96(92)117(98)101-86(71-39-27-20-28-40-71)64-83(110(13,14)15)65-87(101)72-41-29-21-30-42-72/h19-69H,1-18H3/i19D,25D,26D,37D,38D. The summed E-state index contributed by atoms with van der Waals surface area (Å²) in [5.41, 5.74) is 27.9. The zero-order valence-corrected chi connectivity index (χ0v) is 71.3. The molecular weight excluding hydrogens is 1430 g/mol. The van der Waals surface area contributed by atoms with E-state index in [1.54, 1.807) is 0 Å². The lowest BCUT2D eigenvalue weighted by molar-refractivity contribution is 0.569. The topological polar surface area (TPSA) is 50.1 Å². The zero-order chi connectivity index (χ0) is 86.6. The first-order valence-electron chi connectivity index (χ1n) is 44.2. The Labute approximate surface area is 706 Å². The highest BCUT2D eigenvalue weighted by Crippen LogP contribution is 2.56. The van der Waals surface area contributed by atoms with Crippen LogP contribution in [0.15, 0.2) is 309 Å². The maximum absolute atomic E-state index is 9.86. The number of anilines is 6. The molecule has 2 aromatic heterocycles. The van der Waals surface area contributed by atoms with Gasteiger partial charge in [0.1, 0.15) is 0 Å². The van der Waals surface area contributed by atoms with Crippen LogP contribution in [0.2, 0.25) is 0 Å². The SMILES string of the molecule is [2H]c1c([2H])c([2H])c(-c2ccc3c(c2)N(c2c(-c4ccccc4)cc(C(C)(C)C)cc2-c2ccccc2)c2cc(-n4c5ccc(C(C)(C)C)cc5c5cc(C(C)(C)C)ccc54)cc4c2B3c2ccc(-c3cc(C(C)(C)C)cc(C(C)(C)C)c3)cc2N4c2c(-c3ccccc3)cc(C(C)(C)C)cc2-c2nc(-c3ccccc3)nc(-c3ccccc3)n2)c([2H])c1[2H]. The average molecular weight is 1540 g/mol. The summed E-state index contributed by atoms with van der Waals surface area (Å²) in [6.07, 6.45) is 0. The maximum Gasteiger partial charge on any atom is 0.252 e. The first-order valence-corrected chi connectivity index (χ1v) is 41.7. The molecule has 18 rings (SSSR count). The molecule has 0 amide bonds. The predicted molar refractivity (Wildman–Crippen MR) is 504 cm³/mol. The van der Waals surface area contributed by atoms with Crippen molar-refractivity contribution in [3.05, 3.63) is 343 Å². The van der Waals surface area contributed by atoms with Gasteiger partial charge in [-0.15, -0.1) is 0 Å². The van der Waals surface area contributed by atoms with Crippen LogP contribution in [0, 0.1) is 0 Å². The van der Waals surface area contributed by atoms with Crippen molar-refractivity contribution >= 4 is 79.0 Å². The van der Waals surface area contributed by atoms with Crippen molar-refractivity contribution in [3.8, 4) is 95.5 Å². The minimum atomic E-state index is -0.546. The molecule has 0 saturated heterocycles. The van der Waals surface area contributed by atoms with Crippen molar-refractivity contribution in [2.75, 3.05) is 9.80 Å². The molecule has 0 fully saturated rings. The largest absolute Gasteiger partial charge is 0.310 e. The lowest BCUT2D eigenvalue weighted by Gasteiger charge is -2.46. The highest BCUT2D eigenvalue weighted by molar-refractivity contribution is 7.00. The lowest BCUT2D eigenvalue weighted by Crippen LogP contribution is -2.61. The third kappa shape index (κ3) is 13.9. The van der Waals surface area contributed by atoms with Gasteiger partial charge in [-0.3, -0.25) is 0 Å². The van der Waals surface area contributed by atoms with Gasteiger partial charge in [0.15, 0.2) is 17.5 Å². The molecule has 582 valence electrons. The quantitative estimate of drug-likeness (QED) is 0.121. The average Bonchev–Trinajstić information content (AvgIpc) is 0.823. The number of fused-ring (bicyclic) bond motifs is 7. The van der Waals surface area contributed by atoms with Crippen LogP contribution in [0.1, 0.15) is 165 Å². The Morgan fingerprint density at radius 2 is 0.602 bits per heavy atom. The van der Waals surface area contributed by atoms with E-state index in [1.165, 1.54) is 22.3 Å². The highest BCUT2D eigenvalue weighted by Gasteiger charge is 2.47. The molecule has 0 spiro atoms. The van der Waals surface area contributed by atoms with E-state index >= 15 is 0 Å². The summed E-state index contributed by atoms with van der Waals surface area (Å²) >= 11 is 0. The molecule has 16 aromatic rings. The maximum atomic E-state index is 9.86. The van der Waals surface area contributed by atoms with Gasteiger partial charge in [0, 0.05) is 66.9 Å². The van der Waals surface area contributed by atoms with Crippen molar-refractivity contribution in [2.24, 2.45) is 0 Å². The Balaban J connectivity index is 1.10. The van der Waals surface area contributed by atoms with E-state index in [9.17, 15) is 5.48 Å². The van der Waals surface area contributed by atoms with Gasteiger partial charge in [0.25, 0.3) is 6.71 Å². The van der Waals surface area contributed by atoms with Gasteiger partial charge in [-0.1, -0.05) is 361 Å². The van der Waals surface area contributed by atoms with Gasteiger partial charge < -0.3 is 14.4 Å². The molecule has 2 aliphatic rings. The Hall–Kier alpha value is -12.4. The van der Waals surface area contributed by atoms with Crippen molar-refractivity contribution < 1.29 is 6.85 Å². The molecular formula is C111H105BN6. The fourth-order valence-corrected chi connectivity index (χ4v) is 17.4. The van der Waals surface area contributed by atoms with E-state index < -0.39 is 30.3 Å². The summed E-state index contributed by atoms with van der Waals surface area (Å²) in [6, 6.07) is 101. The molecule has 118 heavy (non-hydrogen) atoms. The van der Waals surface area contributed by atoms with Crippen LogP contribution < -0.4 is 26.2 Å². The molecule has 7 heteroatoms. The van der Waals surface area contributed by atoms with Crippen molar-refractivity contribution in [1.82, 2.24) is 19.5 Å². The Kier molecular flexibility index (Phi) is 17.3. The van der Waals surface area contributed by atoms with E-state index in [0.29, 0.717) is 23.0 Å². The van der Waals surface area contributed by atoms with Crippen LogP contribution >= 0.6 is 0 Å². The minimum Gasteiger partial charge on any atom is -0.310 e. The molecule has 0 saturated carbocycles. The fraction of sp³-hybridized carbons (Fsp3) is 0.216. The second kappa shape index (κ2) is 28.7. The van der Waals surface area contributed by atoms with Crippen LogP contribution in [-0.4, -0.2) is 26.2 Å². The van der Waals surface area contributed by atoms with Crippen molar-refractivity contribution in [3.63, 3.8) is 0 Å². The number of nitrogens with zero attached hydrogens (tertiary/aromatic N) is 6. The summed E-state index contributed by atoms with van der Waals surface area (Å²) < 4.78 is 49.9. The number of hydrogen-bond donors (Lipinski definition) is 0. The Bertz CT molecular complexity index is 6670. The Morgan fingerprint density at radius 1 is 0.263 bits per heavy atom. The van der Waals surface area contributed by atoms with Crippen LogP contribution in [0.3, 0.4) is 0 Å². The van der Waals surface area contributed by atoms with E-state index in [1.807, 2.05) is 42.5 Å². The first kappa shape index (κ1) is 70.9. The van der Waals surface area contributed by atoms with Crippen LogP contribution in [-0.2, 0) is 32.5 Å². The number of benzene rings is 14. The molecule has 6 nitrogen and oxygen atoms in total. The van der Waals surface area contributed by atoms with Crippen LogP contribution in [0.5, 0.6) is 0 Å². The summed E-state index contributed by atoms with van der Waals surface area (Å²) in [4.78, 5) is 22.1. The number of rotatable bonds is 11. The zero-order valence-electron chi connectivity index (χ0n) is 76.3. The smallest absolute Gasteiger partial charge is 0.252 e. The Morgan fingerprint density at radius 3 is 0.983 bits per heavy atom. The molecule has 14 aromatic carbocycles. The molecule has 0 bridgehead atoms. The van der Waals surface area contributed by atoms with Crippen molar-refractivity contribution in [2.45, 2.75) is 157 Å². The van der Waals surface area contributed by atoms with Crippen LogP contribution in [0.25, 0.3) is 117 Å². The predicted octanol–water partition coefficient (Wildman–Crippen LogP) is 28.2. The van der Waals surface area contributed by atoms with E-state index in [4.69, 9.17) is 16.3 Å². The van der Waals surface area contributed by atoms with Gasteiger partial charge in [0.05, 0.1) is 34.9 Å². The third-order valence-electron chi connectivity index (χ3n) is 24.2. The van der Waals surface area contributed by atoms with Crippen LogP contribution in [0.4, 0.5) is 34.1 Å². The van der Waals surface area contributed by atoms with E-state index in [2.05, 4.69) is 376 Å². The number of hydrogen-bond acceptors (Lipinski definition) is 5. The van der Waals surface area contributed by atoms with E-state index in [0.717, 1.165) is 150 Å². The van der Waals surface area contributed by atoms with Gasteiger partial charge in [-0.25, -0.2) is 15.0 Å². The fourth-order valence-electron chi connectivity index (χ4n) is 17.4. The second-order valence-electron chi connectivity index (χ2n) is 38.6. The van der Waals surface area contributed by atoms with Gasteiger partial charge >= 0.3 is 0 Å². The monoisotopic (exact) mass is 1540 g/mol. The molecule has 0 unspecified atom stereocenters. The molecule has 0 atom stereocenters. The summed E-state index contributed by atoms with van der Waals surface area (Å²) in [6.45, 7) is 40.8. The third-order valence-corrected chi connectivity index (χ3v) is 24.2.